The summed E-state index contributed by atoms with van der Waals surface area (Å²) in [5.41, 5.74) is 3.73. The molecule has 4 rings (SSSR count). The number of ether oxygens (including phenoxy) is 1. The number of aryl methyl sites for hydroxylation is 2. The number of para-hydroxylation sites is 1. The van der Waals surface area contributed by atoms with Gasteiger partial charge in [-0.15, -0.1) is 0 Å². The molecule has 0 radical (unpaired) electrons. The van der Waals surface area contributed by atoms with Crippen LogP contribution in [-0.2, 0) is 19.9 Å². The second-order valence-electron chi connectivity index (χ2n) is 8.28. The number of hydrogen-bond acceptors (Lipinski definition) is 5. The fourth-order valence-electron chi connectivity index (χ4n) is 4.11. The number of fused-ring (bicyclic) bond motifs is 1. The monoisotopic (exact) mass is 471 g/mol. The van der Waals surface area contributed by atoms with E-state index in [-0.39, 0.29) is 11.8 Å². The van der Waals surface area contributed by atoms with Crippen LogP contribution in [0.1, 0.15) is 39.2 Å². The molecule has 8 nitrogen and oxygen atoms in total. The molecule has 2 heterocycles. The molecule has 8 heteroatoms. The lowest BCUT2D eigenvalue weighted by Gasteiger charge is -2.18. The number of amides is 2. The van der Waals surface area contributed by atoms with Crippen molar-refractivity contribution in [1.29, 1.82) is 0 Å². The largest absolute Gasteiger partial charge is 0.496 e. The van der Waals surface area contributed by atoms with Gasteiger partial charge in [0, 0.05) is 50.9 Å². The Morgan fingerprint density at radius 3 is 2.60 bits per heavy atom. The molecule has 0 saturated heterocycles. The number of rotatable bonds is 8. The average molecular weight is 472 g/mol. The quantitative estimate of drug-likeness (QED) is 0.418. The van der Waals surface area contributed by atoms with Gasteiger partial charge in [-0.2, -0.15) is 0 Å². The minimum absolute atomic E-state index is 0.153. The van der Waals surface area contributed by atoms with Crippen molar-refractivity contribution in [3.63, 3.8) is 0 Å². The number of carbonyl (C=O) groups excluding carboxylic acids is 2. The fourth-order valence-corrected chi connectivity index (χ4v) is 4.11. The predicted molar refractivity (Wildman–Crippen MR) is 136 cm³/mol. The molecule has 35 heavy (non-hydrogen) atoms. The third kappa shape index (κ3) is 5.01. The number of nitrogens with one attached hydrogen (secondary N) is 1. The topological polar surface area (TPSA) is 89.3 Å². The van der Waals surface area contributed by atoms with E-state index in [9.17, 15) is 9.59 Å². The van der Waals surface area contributed by atoms with Crippen molar-refractivity contribution >= 4 is 28.5 Å². The minimum atomic E-state index is -0.323. The smallest absolute Gasteiger partial charge is 0.259 e. The van der Waals surface area contributed by atoms with Crippen LogP contribution in [0.25, 0.3) is 11.0 Å². The molecule has 1 N–H and O–H groups in total. The summed E-state index contributed by atoms with van der Waals surface area (Å²) in [6, 6.07) is 16.3. The van der Waals surface area contributed by atoms with Crippen LogP contribution >= 0.6 is 0 Å². The summed E-state index contributed by atoms with van der Waals surface area (Å²) in [5.74, 6) is 0.860. The molecule has 0 bridgehead atoms. The zero-order chi connectivity index (χ0) is 24.9. The Kier molecular flexibility index (Phi) is 7.10. The van der Waals surface area contributed by atoms with Gasteiger partial charge >= 0.3 is 0 Å². The molecule has 0 saturated carbocycles. The first-order valence-corrected chi connectivity index (χ1v) is 11.5. The Labute approximate surface area is 204 Å². The molecule has 0 aliphatic carbocycles. The van der Waals surface area contributed by atoms with Crippen LogP contribution < -0.4 is 10.1 Å². The van der Waals surface area contributed by atoms with E-state index in [4.69, 9.17) is 9.72 Å². The summed E-state index contributed by atoms with van der Waals surface area (Å²) >= 11 is 0. The Morgan fingerprint density at radius 2 is 1.89 bits per heavy atom. The lowest BCUT2D eigenvalue weighted by molar-refractivity contribution is 0.0796. The molecule has 0 fully saturated rings. The number of pyridine rings is 1. The highest BCUT2D eigenvalue weighted by Gasteiger charge is 2.21. The van der Waals surface area contributed by atoms with Gasteiger partial charge in [0.2, 0.25) is 0 Å². The standard InChI is InChI=1S/C27H29N5O3/c1-5-24-29-21-16-18(27(34)31(2)15-13-19-10-8-9-14-28-19)17-22(25(21)32(24)3)30-26(33)20-11-6-7-12-23(20)35-4/h6-12,14,16-17H,5,13,15H2,1-4H3,(H,30,33). The minimum Gasteiger partial charge on any atom is -0.496 e. The SMILES string of the molecule is CCc1nc2cc(C(=O)N(C)CCc3ccccn3)cc(NC(=O)c3ccccc3OC)c2n1C. The van der Waals surface area contributed by atoms with Crippen LogP contribution in [0.2, 0.25) is 0 Å². The van der Waals surface area contributed by atoms with Gasteiger partial charge in [-0.05, 0) is 36.4 Å². The van der Waals surface area contributed by atoms with Crippen molar-refractivity contribution in [3.05, 3.63) is 83.4 Å². The number of hydrogen-bond donors (Lipinski definition) is 1. The maximum atomic E-state index is 13.3. The number of benzene rings is 2. The molecule has 4 aromatic rings. The second kappa shape index (κ2) is 10.4. The maximum Gasteiger partial charge on any atom is 0.259 e. The van der Waals surface area contributed by atoms with Crippen LogP contribution in [0.15, 0.2) is 60.8 Å². The number of anilines is 1. The van der Waals surface area contributed by atoms with Gasteiger partial charge in [0.15, 0.2) is 0 Å². The Hall–Kier alpha value is -4.20. The van der Waals surface area contributed by atoms with E-state index in [0.717, 1.165) is 23.5 Å². The second-order valence-corrected chi connectivity index (χ2v) is 8.28. The third-order valence-corrected chi connectivity index (χ3v) is 6.00. The van der Waals surface area contributed by atoms with Crippen LogP contribution in [0.4, 0.5) is 5.69 Å². The molecule has 0 atom stereocenters. The van der Waals surface area contributed by atoms with Gasteiger partial charge in [0.25, 0.3) is 11.8 Å². The van der Waals surface area contributed by atoms with Crippen molar-refractivity contribution < 1.29 is 14.3 Å². The van der Waals surface area contributed by atoms with Gasteiger partial charge in [-0.3, -0.25) is 14.6 Å². The number of aromatic nitrogens is 3. The van der Waals surface area contributed by atoms with E-state index < -0.39 is 0 Å². The van der Waals surface area contributed by atoms with E-state index in [1.807, 2.05) is 42.8 Å². The number of carbonyl (C=O) groups is 2. The third-order valence-electron chi connectivity index (χ3n) is 6.00. The first-order chi connectivity index (χ1) is 16.9. The normalized spacial score (nSPS) is 10.9. The first-order valence-electron chi connectivity index (χ1n) is 11.5. The Morgan fingerprint density at radius 1 is 1.11 bits per heavy atom. The summed E-state index contributed by atoms with van der Waals surface area (Å²) in [7, 11) is 5.20. The van der Waals surface area contributed by atoms with Crippen LogP contribution in [0.3, 0.4) is 0 Å². The first kappa shape index (κ1) is 23.9. The molecule has 0 aliphatic heterocycles. The van der Waals surface area contributed by atoms with Crippen molar-refractivity contribution in [2.24, 2.45) is 7.05 Å². The van der Waals surface area contributed by atoms with E-state index in [2.05, 4.69) is 10.3 Å². The molecule has 180 valence electrons. The van der Waals surface area contributed by atoms with Crippen molar-refractivity contribution in [2.45, 2.75) is 19.8 Å². The number of imidazole rings is 1. The van der Waals surface area contributed by atoms with E-state index >= 15 is 0 Å². The zero-order valence-corrected chi connectivity index (χ0v) is 20.4. The number of methoxy groups -OCH3 is 1. The van der Waals surface area contributed by atoms with E-state index in [1.54, 1.807) is 48.5 Å². The van der Waals surface area contributed by atoms with Crippen molar-refractivity contribution in [2.75, 3.05) is 26.0 Å². The molecule has 2 amide bonds. The van der Waals surface area contributed by atoms with Gasteiger partial charge in [-0.25, -0.2) is 4.98 Å². The maximum absolute atomic E-state index is 13.3. The number of likely N-dealkylation sites (N-methyl/N-ethyl adjacent to an activating group) is 1. The summed E-state index contributed by atoms with van der Waals surface area (Å²) in [6.45, 7) is 2.53. The predicted octanol–water partition coefficient (Wildman–Crippen LogP) is 4.11. The highest BCUT2D eigenvalue weighted by Crippen LogP contribution is 2.28. The van der Waals surface area contributed by atoms with Crippen LogP contribution in [0, 0.1) is 0 Å². The van der Waals surface area contributed by atoms with Crippen LogP contribution in [0.5, 0.6) is 5.75 Å². The Bertz CT molecular complexity index is 1360. The highest BCUT2D eigenvalue weighted by atomic mass is 16.5. The summed E-state index contributed by atoms with van der Waals surface area (Å²) in [5, 5.41) is 2.99. The lowest BCUT2D eigenvalue weighted by atomic mass is 10.1. The molecule has 0 spiro atoms. The van der Waals surface area contributed by atoms with E-state index in [0.29, 0.717) is 41.0 Å². The van der Waals surface area contributed by atoms with Gasteiger partial charge in [-0.1, -0.05) is 25.1 Å². The molecule has 0 aliphatic rings. The van der Waals surface area contributed by atoms with Crippen LogP contribution in [-0.4, -0.2) is 52.0 Å². The average Bonchev–Trinajstić information content (AvgIpc) is 3.22. The summed E-state index contributed by atoms with van der Waals surface area (Å²) < 4.78 is 7.30. The van der Waals surface area contributed by atoms with Gasteiger partial charge < -0.3 is 19.5 Å². The van der Waals surface area contributed by atoms with Crippen molar-refractivity contribution in [1.82, 2.24) is 19.4 Å². The molecule has 2 aromatic carbocycles. The molecule has 2 aromatic heterocycles. The summed E-state index contributed by atoms with van der Waals surface area (Å²) in [6.07, 6.45) is 3.11. The molecule has 0 unspecified atom stereocenters. The fraction of sp³-hybridized carbons (Fsp3) is 0.259. The zero-order valence-electron chi connectivity index (χ0n) is 20.4. The summed E-state index contributed by atoms with van der Waals surface area (Å²) in [4.78, 5) is 37.2. The van der Waals surface area contributed by atoms with Crippen molar-refractivity contribution in [3.8, 4) is 5.75 Å². The molecular weight excluding hydrogens is 442 g/mol. The molecular formula is C27H29N5O3. The highest BCUT2D eigenvalue weighted by molar-refractivity contribution is 6.11. The van der Waals surface area contributed by atoms with Gasteiger partial charge in [0.05, 0.1) is 29.4 Å². The van der Waals surface area contributed by atoms with Gasteiger partial charge in [0.1, 0.15) is 11.6 Å². The Balaban J connectivity index is 1.67. The lowest BCUT2D eigenvalue weighted by Crippen LogP contribution is -2.29. The number of nitrogens with zero attached hydrogens (tertiary/aromatic N) is 4. The van der Waals surface area contributed by atoms with E-state index in [1.165, 1.54) is 7.11 Å².